The van der Waals surface area contributed by atoms with Gasteiger partial charge in [0.15, 0.2) is 5.78 Å². The Hall–Kier alpha value is -1.97. The molecule has 0 radical (unpaired) electrons. The first-order valence-corrected chi connectivity index (χ1v) is 7.63. The zero-order chi connectivity index (χ0) is 15.3. The van der Waals surface area contributed by atoms with E-state index in [-0.39, 0.29) is 5.78 Å². The van der Waals surface area contributed by atoms with Crippen molar-refractivity contribution in [2.75, 3.05) is 0 Å². The summed E-state index contributed by atoms with van der Waals surface area (Å²) in [6.07, 6.45) is 3.46. The van der Waals surface area contributed by atoms with Gasteiger partial charge < -0.3 is 0 Å². The van der Waals surface area contributed by atoms with Crippen LogP contribution >= 0.6 is 0 Å². The van der Waals surface area contributed by atoms with Gasteiger partial charge >= 0.3 is 0 Å². The Balaban J connectivity index is 2.32. The van der Waals surface area contributed by atoms with Crippen LogP contribution in [0.4, 0.5) is 0 Å². The van der Waals surface area contributed by atoms with E-state index in [1.54, 1.807) is 4.68 Å². The van der Waals surface area contributed by atoms with E-state index in [4.69, 9.17) is 0 Å². The molecule has 0 amide bonds. The molecule has 0 fully saturated rings. The zero-order valence-corrected chi connectivity index (χ0v) is 13.0. The standard InChI is InChI=1S/C17H23N3O/c1-4-17(5-2,14-10-8-7-9-11-14)15(21)12-16-18-13-19-20(16)6-3/h7-11,13H,4-6,12H2,1-3H3. The molecule has 0 aliphatic carbocycles. The van der Waals surface area contributed by atoms with Crippen LogP contribution in [0, 0.1) is 0 Å². The minimum absolute atomic E-state index is 0.224. The van der Waals surface area contributed by atoms with E-state index in [1.807, 2.05) is 25.1 Å². The van der Waals surface area contributed by atoms with Gasteiger partial charge in [-0.25, -0.2) is 9.67 Å². The van der Waals surface area contributed by atoms with Crippen molar-refractivity contribution in [3.8, 4) is 0 Å². The number of aryl methyl sites for hydroxylation is 1. The molecule has 0 atom stereocenters. The van der Waals surface area contributed by atoms with E-state index in [2.05, 4.69) is 36.1 Å². The lowest BCUT2D eigenvalue weighted by atomic mass is 9.71. The highest BCUT2D eigenvalue weighted by molar-refractivity contribution is 5.91. The van der Waals surface area contributed by atoms with Crippen molar-refractivity contribution < 1.29 is 4.79 Å². The van der Waals surface area contributed by atoms with Gasteiger partial charge in [-0.15, -0.1) is 0 Å². The molecule has 0 aliphatic rings. The third-order valence-electron chi connectivity index (χ3n) is 4.38. The Bertz CT molecular complexity index is 585. The molecule has 0 saturated carbocycles. The Labute approximate surface area is 126 Å². The number of rotatable bonds is 7. The maximum Gasteiger partial charge on any atom is 0.150 e. The summed E-state index contributed by atoms with van der Waals surface area (Å²) in [4.78, 5) is 17.2. The SMILES string of the molecule is CCn1ncnc1CC(=O)C(CC)(CC)c1ccccc1. The molecule has 0 unspecified atom stereocenters. The van der Waals surface area contributed by atoms with Crippen LogP contribution in [-0.2, 0) is 23.2 Å². The second-order valence-corrected chi connectivity index (χ2v) is 5.25. The number of aromatic nitrogens is 3. The van der Waals surface area contributed by atoms with Gasteiger partial charge in [0.2, 0.25) is 0 Å². The second kappa shape index (κ2) is 6.66. The molecule has 1 heterocycles. The number of hydrogen-bond acceptors (Lipinski definition) is 3. The molecule has 4 heteroatoms. The van der Waals surface area contributed by atoms with Crippen molar-refractivity contribution in [3.05, 3.63) is 48.0 Å². The van der Waals surface area contributed by atoms with Gasteiger partial charge in [0, 0.05) is 6.54 Å². The van der Waals surface area contributed by atoms with Gasteiger partial charge in [-0.05, 0) is 25.3 Å². The largest absolute Gasteiger partial charge is 0.298 e. The first kappa shape index (κ1) is 15.4. The summed E-state index contributed by atoms with van der Waals surface area (Å²) >= 11 is 0. The molecule has 21 heavy (non-hydrogen) atoms. The fourth-order valence-corrected chi connectivity index (χ4v) is 2.97. The first-order valence-electron chi connectivity index (χ1n) is 7.63. The smallest absolute Gasteiger partial charge is 0.150 e. The van der Waals surface area contributed by atoms with Crippen LogP contribution in [-0.4, -0.2) is 20.5 Å². The van der Waals surface area contributed by atoms with Crippen LogP contribution in [0.3, 0.4) is 0 Å². The number of hydrogen-bond donors (Lipinski definition) is 0. The predicted octanol–water partition coefficient (Wildman–Crippen LogP) is 3.17. The highest BCUT2D eigenvalue weighted by atomic mass is 16.1. The normalized spacial score (nSPS) is 11.6. The average Bonchev–Trinajstić information content (AvgIpc) is 2.97. The lowest BCUT2D eigenvalue weighted by Gasteiger charge is -2.30. The van der Waals surface area contributed by atoms with Crippen molar-refractivity contribution >= 4 is 5.78 Å². The lowest BCUT2D eigenvalue weighted by molar-refractivity contribution is -0.124. The molecule has 4 nitrogen and oxygen atoms in total. The van der Waals surface area contributed by atoms with Crippen molar-refractivity contribution in [2.45, 2.75) is 52.0 Å². The Morgan fingerprint density at radius 1 is 1.14 bits per heavy atom. The van der Waals surface area contributed by atoms with E-state index in [0.717, 1.165) is 30.8 Å². The molecule has 0 aliphatic heterocycles. The average molecular weight is 285 g/mol. The molecular weight excluding hydrogens is 262 g/mol. The Kier molecular flexibility index (Phi) is 4.89. The van der Waals surface area contributed by atoms with Crippen LogP contribution in [0.1, 0.15) is 45.0 Å². The van der Waals surface area contributed by atoms with Crippen LogP contribution in [0.15, 0.2) is 36.7 Å². The number of ketones is 1. The van der Waals surface area contributed by atoms with Crippen molar-refractivity contribution in [1.29, 1.82) is 0 Å². The molecular formula is C17H23N3O. The molecule has 0 saturated heterocycles. The first-order chi connectivity index (χ1) is 10.2. The maximum absolute atomic E-state index is 13.0. The zero-order valence-electron chi connectivity index (χ0n) is 13.0. The van der Waals surface area contributed by atoms with Crippen molar-refractivity contribution in [3.63, 3.8) is 0 Å². The van der Waals surface area contributed by atoms with Crippen LogP contribution in [0.2, 0.25) is 0 Å². The van der Waals surface area contributed by atoms with E-state index in [0.29, 0.717) is 6.42 Å². The summed E-state index contributed by atoms with van der Waals surface area (Å²) in [5.41, 5.74) is 0.675. The third-order valence-corrected chi connectivity index (χ3v) is 4.38. The van der Waals surface area contributed by atoms with Crippen LogP contribution < -0.4 is 0 Å². The molecule has 1 aromatic carbocycles. The predicted molar refractivity (Wildman–Crippen MR) is 83.1 cm³/mol. The number of nitrogens with zero attached hydrogens (tertiary/aromatic N) is 3. The van der Waals surface area contributed by atoms with E-state index < -0.39 is 5.41 Å². The molecule has 0 spiro atoms. The lowest BCUT2D eigenvalue weighted by Crippen LogP contribution is -2.36. The van der Waals surface area contributed by atoms with Gasteiger partial charge in [-0.1, -0.05) is 44.2 Å². The molecule has 2 aromatic rings. The monoisotopic (exact) mass is 285 g/mol. The minimum Gasteiger partial charge on any atom is -0.298 e. The van der Waals surface area contributed by atoms with E-state index >= 15 is 0 Å². The number of carbonyl (C=O) groups is 1. The highest BCUT2D eigenvalue weighted by Crippen LogP contribution is 2.33. The summed E-state index contributed by atoms with van der Waals surface area (Å²) < 4.78 is 1.79. The molecule has 0 bridgehead atoms. The highest BCUT2D eigenvalue weighted by Gasteiger charge is 2.36. The Morgan fingerprint density at radius 3 is 2.38 bits per heavy atom. The number of benzene rings is 1. The fraction of sp³-hybridized carbons (Fsp3) is 0.471. The third kappa shape index (κ3) is 2.89. The van der Waals surface area contributed by atoms with Gasteiger partial charge in [-0.2, -0.15) is 5.10 Å². The molecule has 2 rings (SSSR count). The van der Waals surface area contributed by atoms with Crippen molar-refractivity contribution in [1.82, 2.24) is 14.8 Å². The minimum atomic E-state index is -0.425. The van der Waals surface area contributed by atoms with E-state index in [9.17, 15) is 4.79 Å². The van der Waals surface area contributed by atoms with Gasteiger partial charge in [-0.3, -0.25) is 4.79 Å². The summed E-state index contributed by atoms with van der Waals surface area (Å²) in [6, 6.07) is 10.1. The quantitative estimate of drug-likeness (QED) is 0.785. The maximum atomic E-state index is 13.0. The number of Topliss-reactive ketones (excluding diaryl/α,β-unsaturated/α-hetero) is 1. The van der Waals surface area contributed by atoms with Gasteiger partial charge in [0.25, 0.3) is 0 Å². The summed E-state index contributed by atoms with van der Waals surface area (Å²) in [6.45, 7) is 6.91. The number of carbonyl (C=O) groups excluding carboxylic acids is 1. The molecule has 0 N–H and O–H groups in total. The second-order valence-electron chi connectivity index (χ2n) is 5.25. The Morgan fingerprint density at radius 2 is 1.81 bits per heavy atom. The topological polar surface area (TPSA) is 47.8 Å². The van der Waals surface area contributed by atoms with Crippen LogP contribution in [0.25, 0.3) is 0 Å². The van der Waals surface area contributed by atoms with Gasteiger partial charge in [0.1, 0.15) is 12.2 Å². The van der Waals surface area contributed by atoms with Gasteiger partial charge in [0.05, 0.1) is 11.8 Å². The summed E-state index contributed by atoms with van der Waals surface area (Å²) in [5.74, 6) is 0.978. The summed E-state index contributed by atoms with van der Waals surface area (Å²) in [7, 11) is 0. The van der Waals surface area contributed by atoms with Crippen molar-refractivity contribution in [2.24, 2.45) is 0 Å². The van der Waals surface area contributed by atoms with E-state index in [1.165, 1.54) is 6.33 Å². The molecule has 112 valence electrons. The molecule has 1 aromatic heterocycles. The van der Waals surface area contributed by atoms with Crippen LogP contribution in [0.5, 0.6) is 0 Å². The fourth-order valence-electron chi connectivity index (χ4n) is 2.97. The summed E-state index contributed by atoms with van der Waals surface area (Å²) in [5, 5.41) is 4.15.